The van der Waals surface area contributed by atoms with Gasteiger partial charge in [-0.15, -0.1) is 24.9 Å². The first-order valence-corrected chi connectivity index (χ1v) is 12.0. The quantitative estimate of drug-likeness (QED) is 0.294. The van der Waals surface area contributed by atoms with Crippen LogP contribution in [-0.4, -0.2) is 81.1 Å². The molecule has 172 valence electrons. The van der Waals surface area contributed by atoms with E-state index in [9.17, 15) is 19.5 Å². The fourth-order valence-corrected chi connectivity index (χ4v) is 7.57. The Balaban J connectivity index is 1.96. The predicted octanol–water partition coefficient (Wildman–Crippen LogP) is 2.00. The first-order valence-electron chi connectivity index (χ1n) is 11.1. The minimum Gasteiger partial charge on any atom is -0.465 e. The highest BCUT2D eigenvalue weighted by Gasteiger charge is 2.74. The molecule has 0 aliphatic carbocycles. The number of thioether (sulfide) groups is 1. The maximum Gasteiger partial charge on any atom is 0.310 e. The fraction of sp³-hybridized carbons (Fsp3) is 0.696. The predicted molar refractivity (Wildman–Crippen MR) is 120 cm³/mol. The van der Waals surface area contributed by atoms with Crippen molar-refractivity contribution in [3.8, 4) is 0 Å². The average Bonchev–Trinajstić information content (AvgIpc) is 3.37. The highest BCUT2D eigenvalue weighted by Crippen LogP contribution is 2.66. The second-order valence-electron chi connectivity index (χ2n) is 8.78. The molecule has 2 bridgehead atoms. The molecule has 0 saturated carbocycles. The van der Waals surface area contributed by atoms with Crippen LogP contribution >= 0.6 is 11.8 Å². The third kappa shape index (κ3) is 4.04. The molecule has 0 radical (unpaired) electrons. The standard InChI is InChI=1S/C23H34N2O5S/c1-5-7-14-30-22(29)17-16-9-10-23(31-16)18(17)20(27)25(12-8-13-26)19(23)21(28)24(11-6-2)15(3)4/h5-6,15-19,26H,1-2,7-14H2,3-4H3/t16-,17+,18-,19?,23?/m0/s1. The van der Waals surface area contributed by atoms with Gasteiger partial charge in [-0.25, -0.2) is 0 Å². The first-order chi connectivity index (χ1) is 14.8. The SMILES string of the molecule is C=CCCOC(=O)[C@@H]1[C@@H]2CCC3(S2)C(C(=O)N(CC=C)C(C)C)N(CCCO)C(=O)[C@H]13. The summed E-state index contributed by atoms with van der Waals surface area (Å²) in [5.41, 5.74) is 0. The number of likely N-dealkylation sites (tertiary alicyclic amines) is 1. The molecule has 3 aliphatic rings. The number of rotatable bonds is 11. The Morgan fingerprint density at radius 3 is 2.74 bits per heavy atom. The van der Waals surface area contributed by atoms with Gasteiger partial charge >= 0.3 is 5.97 Å². The van der Waals surface area contributed by atoms with E-state index in [1.165, 1.54) is 0 Å². The Bertz CT molecular complexity index is 741. The maximum absolute atomic E-state index is 13.8. The number of amides is 2. The molecule has 0 aromatic carbocycles. The van der Waals surface area contributed by atoms with Crippen LogP contribution in [0.1, 0.15) is 39.5 Å². The molecule has 3 aliphatic heterocycles. The van der Waals surface area contributed by atoms with Gasteiger partial charge in [0.25, 0.3) is 0 Å². The van der Waals surface area contributed by atoms with Crippen LogP contribution in [0, 0.1) is 11.8 Å². The largest absolute Gasteiger partial charge is 0.465 e. The second-order valence-corrected chi connectivity index (χ2v) is 10.4. The summed E-state index contributed by atoms with van der Waals surface area (Å²) in [6.45, 7) is 12.2. The minimum atomic E-state index is -0.639. The summed E-state index contributed by atoms with van der Waals surface area (Å²) >= 11 is 1.63. The van der Waals surface area contributed by atoms with Crippen molar-refractivity contribution in [2.75, 3.05) is 26.3 Å². The van der Waals surface area contributed by atoms with Crippen molar-refractivity contribution in [2.45, 2.75) is 61.6 Å². The highest BCUT2D eigenvalue weighted by atomic mass is 32.2. The number of carbonyl (C=O) groups is 3. The van der Waals surface area contributed by atoms with E-state index in [4.69, 9.17) is 4.74 Å². The van der Waals surface area contributed by atoms with Crippen LogP contribution in [0.15, 0.2) is 25.3 Å². The molecule has 31 heavy (non-hydrogen) atoms. The Morgan fingerprint density at radius 2 is 2.13 bits per heavy atom. The lowest BCUT2D eigenvalue weighted by Crippen LogP contribution is -2.56. The molecule has 3 fully saturated rings. The van der Waals surface area contributed by atoms with Crippen molar-refractivity contribution in [1.29, 1.82) is 0 Å². The van der Waals surface area contributed by atoms with Gasteiger partial charge in [-0.2, -0.15) is 0 Å². The lowest BCUT2D eigenvalue weighted by atomic mass is 9.71. The molecule has 5 atom stereocenters. The molecular formula is C23H34N2O5S. The van der Waals surface area contributed by atoms with Gasteiger partial charge < -0.3 is 19.6 Å². The second kappa shape index (κ2) is 9.77. The Hall–Kier alpha value is -1.80. The van der Waals surface area contributed by atoms with Crippen molar-refractivity contribution in [3.05, 3.63) is 25.3 Å². The maximum atomic E-state index is 13.8. The molecule has 3 rings (SSSR count). The molecule has 3 heterocycles. The van der Waals surface area contributed by atoms with E-state index in [0.29, 0.717) is 25.9 Å². The minimum absolute atomic E-state index is 0.00706. The monoisotopic (exact) mass is 450 g/mol. The molecule has 0 aromatic heterocycles. The summed E-state index contributed by atoms with van der Waals surface area (Å²) in [5, 5.41) is 9.37. The molecule has 1 N–H and O–H groups in total. The Morgan fingerprint density at radius 1 is 1.39 bits per heavy atom. The zero-order chi connectivity index (χ0) is 22.8. The molecule has 0 aromatic rings. The summed E-state index contributed by atoms with van der Waals surface area (Å²) in [7, 11) is 0. The van der Waals surface area contributed by atoms with E-state index in [0.717, 1.165) is 12.8 Å². The first kappa shape index (κ1) is 23.9. The van der Waals surface area contributed by atoms with Gasteiger partial charge in [0, 0.05) is 31.0 Å². The van der Waals surface area contributed by atoms with Gasteiger partial charge in [0.15, 0.2) is 0 Å². The smallest absolute Gasteiger partial charge is 0.310 e. The van der Waals surface area contributed by atoms with Gasteiger partial charge in [0.2, 0.25) is 11.8 Å². The summed E-state index contributed by atoms with van der Waals surface area (Å²) in [6.07, 6.45) is 5.85. The van der Waals surface area contributed by atoms with Crippen molar-refractivity contribution >= 4 is 29.5 Å². The van der Waals surface area contributed by atoms with Crippen LogP contribution in [0.4, 0.5) is 0 Å². The number of carbonyl (C=O) groups excluding carboxylic acids is 3. The topological polar surface area (TPSA) is 87.2 Å². The molecular weight excluding hydrogens is 416 g/mol. The number of fused-ring (bicyclic) bond motifs is 1. The van der Waals surface area contributed by atoms with Gasteiger partial charge in [0.1, 0.15) is 6.04 Å². The molecule has 7 nitrogen and oxygen atoms in total. The molecule has 2 amide bonds. The fourth-order valence-electron chi connectivity index (χ4n) is 5.37. The van der Waals surface area contributed by atoms with E-state index < -0.39 is 22.6 Å². The Kier molecular flexibility index (Phi) is 7.52. The van der Waals surface area contributed by atoms with Crippen molar-refractivity contribution < 1.29 is 24.2 Å². The number of nitrogens with zero attached hydrogens (tertiary/aromatic N) is 2. The third-order valence-electron chi connectivity index (χ3n) is 6.66. The van der Waals surface area contributed by atoms with Crippen molar-refractivity contribution in [2.24, 2.45) is 11.8 Å². The van der Waals surface area contributed by atoms with Crippen LogP contribution < -0.4 is 0 Å². The molecule has 2 unspecified atom stereocenters. The number of esters is 1. The number of hydrogen-bond donors (Lipinski definition) is 1. The van der Waals surface area contributed by atoms with Crippen LogP contribution in [-0.2, 0) is 19.1 Å². The van der Waals surface area contributed by atoms with E-state index in [2.05, 4.69) is 13.2 Å². The van der Waals surface area contributed by atoms with Crippen molar-refractivity contribution in [3.63, 3.8) is 0 Å². The lowest BCUT2D eigenvalue weighted by Gasteiger charge is -2.38. The van der Waals surface area contributed by atoms with Gasteiger partial charge in [-0.3, -0.25) is 14.4 Å². The van der Waals surface area contributed by atoms with E-state index >= 15 is 0 Å². The molecule has 3 saturated heterocycles. The third-order valence-corrected chi connectivity index (χ3v) is 8.61. The van der Waals surface area contributed by atoms with E-state index in [-0.39, 0.29) is 42.3 Å². The molecule has 1 spiro atoms. The number of ether oxygens (including phenoxy) is 1. The lowest BCUT2D eigenvalue weighted by molar-refractivity contribution is -0.154. The van der Waals surface area contributed by atoms with Crippen LogP contribution in [0.3, 0.4) is 0 Å². The summed E-state index contributed by atoms with van der Waals surface area (Å²) in [6, 6.07) is -0.682. The van der Waals surface area contributed by atoms with Crippen molar-refractivity contribution in [1.82, 2.24) is 9.80 Å². The normalized spacial score (nSPS) is 31.1. The van der Waals surface area contributed by atoms with Gasteiger partial charge in [0.05, 0.1) is 23.2 Å². The zero-order valence-electron chi connectivity index (χ0n) is 18.5. The van der Waals surface area contributed by atoms with Gasteiger partial charge in [-0.1, -0.05) is 12.2 Å². The van der Waals surface area contributed by atoms with E-state index in [1.807, 2.05) is 13.8 Å². The zero-order valence-corrected chi connectivity index (χ0v) is 19.3. The van der Waals surface area contributed by atoms with E-state index in [1.54, 1.807) is 33.7 Å². The molecule has 8 heteroatoms. The van der Waals surface area contributed by atoms with Crippen LogP contribution in [0.2, 0.25) is 0 Å². The Labute approximate surface area is 188 Å². The summed E-state index contributed by atoms with van der Waals surface area (Å²) in [4.78, 5) is 43.7. The van der Waals surface area contributed by atoms with Gasteiger partial charge in [-0.05, 0) is 39.5 Å². The number of hydrogen-bond acceptors (Lipinski definition) is 6. The highest BCUT2D eigenvalue weighted by molar-refractivity contribution is 8.02. The van der Waals surface area contributed by atoms with Crippen LogP contribution in [0.5, 0.6) is 0 Å². The summed E-state index contributed by atoms with van der Waals surface area (Å²) < 4.78 is 4.85. The average molecular weight is 451 g/mol. The van der Waals surface area contributed by atoms with Crippen LogP contribution in [0.25, 0.3) is 0 Å². The number of aliphatic hydroxyl groups is 1. The number of aliphatic hydroxyl groups excluding tert-OH is 1. The summed E-state index contributed by atoms with van der Waals surface area (Å²) in [5.74, 6) is -1.69.